The molecule has 0 saturated carbocycles. The molecule has 1 aliphatic rings. The molecule has 6 heteroatoms. The van der Waals surface area contributed by atoms with Gasteiger partial charge in [0.15, 0.2) is 11.5 Å². The third-order valence-corrected chi connectivity index (χ3v) is 2.86. The van der Waals surface area contributed by atoms with E-state index in [9.17, 15) is 0 Å². The standard InChI is InChI=1S/C13H15N3O3/c1-14-7-6-12-15-16-13(19-12)11-8-17-9-4-2-3-5-10(9)18-11/h2-5,11,14H,6-8H2,1H3. The van der Waals surface area contributed by atoms with Gasteiger partial charge < -0.3 is 19.2 Å². The first kappa shape index (κ1) is 12.0. The predicted octanol–water partition coefficient (Wildman–Crippen LogP) is 1.34. The lowest BCUT2D eigenvalue weighted by atomic mass is 10.2. The summed E-state index contributed by atoms with van der Waals surface area (Å²) in [6.07, 6.45) is 0.360. The molecular formula is C13H15N3O3. The van der Waals surface area contributed by atoms with Gasteiger partial charge in [-0.25, -0.2) is 0 Å². The van der Waals surface area contributed by atoms with Gasteiger partial charge in [-0.1, -0.05) is 12.1 Å². The quantitative estimate of drug-likeness (QED) is 0.895. The Balaban J connectivity index is 1.72. The maximum absolute atomic E-state index is 5.80. The number of aromatic nitrogens is 2. The number of hydrogen-bond donors (Lipinski definition) is 1. The summed E-state index contributed by atoms with van der Waals surface area (Å²) in [6, 6.07) is 7.54. The third kappa shape index (κ3) is 2.53. The van der Waals surface area contributed by atoms with Crippen LogP contribution in [-0.4, -0.2) is 30.4 Å². The molecule has 0 radical (unpaired) electrons. The SMILES string of the molecule is CNCCc1nnc(C2COc3ccccc3O2)o1. The van der Waals surface area contributed by atoms with Crippen molar-refractivity contribution in [3.8, 4) is 11.5 Å². The number of nitrogens with zero attached hydrogens (tertiary/aromatic N) is 2. The first-order valence-corrected chi connectivity index (χ1v) is 6.22. The molecule has 1 atom stereocenters. The number of para-hydroxylation sites is 2. The van der Waals surface area contributed by atoms with Crippen molar-refractivity contribution in [3.63, 3.8) is 0 Å². The van der Waals surface area contributed by atoms with Gasteiger partial charge in [0, 0.05) is 13.0 Å². The number of likely N-dealkylation sites (N-methyl/N-ethyl adjacent to an activating group) is 1. The van der Waals surface area contributed by atoms with Crippen LogP contribution in [0.25, 0.3) is 0 Å². The Morgan fingerprint density at radius 2 is 2.11 bits per heavy atom. The highest BCUT2D eigenvalue weighted by atomic mass is 16.6. The Morgan fingerprint density at radius 3 is 2.95 bits per heavy atom. The summed E-state index contributed by atoms with van der Waals surface area (Å²) in [5.74, 6) is 2.51. The second-order valence-electron chi connectivity index (χ2n) is 4.25. The van der Waals surface area contributed by atoms with Crippen LogP contribution < -0.4 is 14.8 Å². The van der Waals surface area contributed by atoms with E-state index in [2.05, 4.69) is 15.5 Å². The lowest BCUT2D eigenvalue weighted by molar-refractivity contribution is 0.0704. The van der Waals surface area contributed by atoms with Crippen LogP contribution >= 0.6 is 0 Å². The molecule has 0 aliphatic carbocycles. The smallest absolute Gasteiger partial charge is 0.260 e. The van der Waals surface area contributed by atoms with Crippen LogP contribution in [0, 0.1) is 0 Å². The van der Waals surface area contributed by atoms with Crippen molar-refractivity contribution < 1.29 is 13.9 Å². The molecule has 1 aromatic heterocycles. The summed E-state index contributed by atoms with van der Waals surface area (Å²) >= 11 is 0. The summed E-state index contributed by atoms with van der Waals surface area (Å²) in [4.78, 5) is 0. The Kier molecular flexibility index (Phi) is 3.33. The van der Waals surface area contributed by atoms with Crippen LogP contribution in [0.5, 0.6) is 11.5 Å². The van der Waals surface area contributed by atoms with Crippen molar-refractivity contribution in [1.82, 2.24) is 15.5 Å². The van der Waals surface area contributed by atoms with Crippen molar-refractivity contribution in [2.45, 2.75) is 12.5 Å². The molecule has 3 rings (SSSR count). The molecule has 1 unspecified atom stereocenters. The minimum atomic E-state index is -0.342. The summed E-state index contributed by atoms with van der Waals surface area (Å²) < 4.78 is 17.0. The van der Waals surface area contributed by atoms with E-state index in [1.165, 1.54) is 0 Å². The van der Waals surface area contributed by atoms with Crippen molar-refractivity contribution in [2.75, 3.05) is 20.2 Å². The van der Waals surface area contributed by atoms with Crippen molar-refractivity contribution in [1.29, 1.82) is 0 Å². The molecule has 0 amide bonds. The normalized spacial score (nSPS) is 17.4. The highest BCUT2D eigenvalue weighted by molar-refractivity contribution is 5.40. The van der Waals surface area contributed by atoms with E-state index in [0.29, 0.717) is 30.6 Å². The lowest BCUT2D eigenvalue weighted by Gasteiger charge is -2.23. The van der Waals surface area contributed by atoms with E-state index in [-0.39, 0.29) is 6.10 Å². The first-order valence-electron chi connectivity index (χ1n) is 6.22. The van der Waals surface area contributed by atoms with E-state index in [0.717, 1.165) is 12.3 Å². The lowest BCUT2D eigenvalue weighted by Crippen LogP contribution is -2.21. The molecule has 0 fully saturated rings. The Bertz CT molecular complexity index is 556. The third-order valence-electron chi connectivity index (χ3n) is 2.86. The van der Waals surface area contributed by atoms with Crippen LogP contribution in [0.2, 0.25) is 0 Å². The maximum atomic E-state index is 5.80. The fourth-order valence-corrected chi connectivity index (χ4v) is 1.87. The highest BCUT2D eigenvalue weighted by Crippen LogP contribution is 2.35. The number of fused-ring (bicyclic) bond motifs is 1. The van der Waals surface area contributed by atoms with Crippen LogP contribution in [-0.2, 0) is 6.42 Å². The van der Waals surface area contributed by atoms with E-state index >= 15 is 0 Å². The zero-order valence-corrected chi connectivity index (χ0v) is 10.6. The Morgan fingerprint density at radius 1 is 1.26 bits per heavy atom. The minimum Gasteiger partial charge on any atom is -0.485 e. The number of hydrogen-bond acceptors (Lipinski definition) is 6. The van der Waals surface area contributed by atoms with Crippen LogP contribution in [0.1, 0.15) is 17.9 Å². The first-order chi connectivity index (χ1) is 9.36. The largest absolute Gasteiger partial charge is 0.485 e. The van der Waals surface area contributed by atoms with Gasteiger partial charge in [-0.2, -0.15) is 0 Å². The molecule has 1 aromatic carbocycles. The fraction of sp³-hybridized carbons (Fsp3) is 0.385. The second-order valence-corrected chi connectivity index (χ2v) is 4.25. The summed E-state index contributed by atoms with van der Waals surface area (Å²) in [6.45, 7) is 1.18. The van der Waals surface area contributed by atoms with Gasteiger partial charge in [0.05, 0.1) is 0 Å². The minimum absolute atomic E-state index is 0.342. The molecule has 2 heterocycles. The monoisotopic (exact) mass is 261 g/mol. The molecule has 0 spiro atoms. The zero-order valence-electron chi connectivity index (χ0n) is 10.6. The zero-order chi connectivity index (χ0) is 13.1. The van der Waals surface area contributed by atoms with E-state index in [1.807, 2.05) is 31.3 Å². The van der Waals surface area contributed by atoms with Crippen molar-refractivity contribution in [3.05, 3.63) is 36.0 Å². The molecule has 2 aromatic rings. The topological polar surface area (TPSA) is 69.4 Å². The molecular weight excluding hydrogens is 246 g/mol. The molecule has 0 bridgehead atoms. The van der Waals surface area contributed by atoms with Crippen molar-refractivity contribution >= 4 is 0 Å². The molecule has 6 nitrogen and oxygen atoms in total. The van der Waals surface area contributed by atoms with E-state index in [1.54, 1.807) is 0 Å². The number of rotatable bonds is 4. The summed E-state index contributed by atoms with van der Waals surface area (Å²) in [7, 11) is 1.88. The van der Waals surface area contributed by atoms with Crippen LogP contribution in [0.4, 0.5) is 0 Å². The Hall–Kier alpha value is -2.08. The van der Waals surface area contributed by atoms with Gasteiger partial charge in [0.25, 0.3) is 5.89 Å². The van der Waals surface area contributed by atoms with Crippen LogP contribution in [0.15, 0.2) is 28.7 Å². The number of nitrogens with one attached hydrogen (secondary N) is 1. The van der Waals surface area contributed by atoms with Gasteiger partial charge in [0.1, 0.15) is 6.61 Å². The molecule has 100 valence electrons. The maximum Gasteiger partial charge on any atom is 0.260 e. The van der Waals surface area contributed by atoms with Gasteiger partial charge >= 0.3 is 0 Å². The average molecular weight is 261 g/mol. The van der Waals surface area contributed by atoms with Crippen molar-refractivity contribution in [2.24, 2.45) is 0 Å². The van der Waals surface area contributed by atoms with Gasteiger partial charge in [0.2, 0.25) is 12.0 Å². The van der Waals surface area contributed by atoms with Gasteiger partial charge in [-0.05, 0) is 19.2 Å². The van der Waals surface area contributed by atoms with Crippen LogP contribution in [0.3, 0.4) is 0 Å². The fourth-order valence-electron chi connectivity index (χ4n) is 1.87. The van der Waals surface area contributed by atoms with E-state index in [4.69, 9.17) is 13.9 Å². The summed E-state index contributed by atoms with van der Waals surface area (Å²) in [5, 5.41) is 11.0. The van der Waals surface area contributed by atoms with Gasteiger partial charge in [-0.3, -0.25) is 0 Å². The summed E-state index contributed by atoms with van der Waals surface area (Å²) in [5.41, 5.74) is 0. The second kappa shape index (κ2) is 5.27. The molecule has 1 aliphatic heterocycles. The van der Waals surface area contributed by atoms with E-state index < -0.39 is 0 Å². The van der Waals surface area contributed by atoms with Gasteiger partial charge in [-0.15, -0.1) is 10.2 Å². The molecule has 1 N–H and O–H groups in total. The highest BCUT2D eigenvalue weighted by Gasteiger charge is 2.27. The number of benzene rings is 1. The Labute approximate surface area is 110 Å². The predicted molar refractivity (Wildman–Crippen MR) is 67.2 cm³/mol. The average Bonchev–Trinajstić information content (AvgIpc) is 2.93. The number of ether oxygens (including phenoxy) is 2. The molecule has 19 heavy (non-hydrogen) atoms. The molecule has 0 saturated heterocycles.